The van der Waals surface area contributed by atoms with Crippen molar-refractivity contribution >= 4 is 17.3 Å². The van der Waals surface area contributed by atoms with Crippen LogP contribution in [0.25, 0.3) is 0 Å². The van der Waals surface area contributed by atoms with E-state index in [0.717, 1.165) is 6.42 Å². The fourth-order valence-electron chi connectivity index (χ4n) is 1.66. The normalized spacial score (nSPS) is 18.8. The minimum atomic E-state index is -0.526. The van der Waals surface area contributed by atoms with Crippen LogP contribution in [0.5, 0.6) is 0 Å². The Morgan fingerprint density at radius 1 is 1.61 bits per heavy atom. The van der Waals surface area contributed by atoms with Crippen molar-refractivity contribution < 1.29 is 18.7 Å². The van der Waals surface area contributed by atoms with Crippen LogP contribution in [0.2, 0.25) is 0 Å². The van der Waals surface area contributed by atoms with Crippen molar-refractivity contribution in [1.82, 2.24) is 0 Å². The highest BCUT2D eigenvalue weighted by atomic mass is 19.1. The number of nitrogens with one attached hydrogen (secondary N) is 1. The number of nitrogen functional groups attached to an aromatic ring is 1. The van der Waals surface area contributed by atoms with Crippen LogP contribution < -0.4 is 11.1 Å². The van der Waals surface area contributed by atoms with Crippen molar-refractivity contribution in [3.8, 4) is 0 Å². The average Bonchev–Trinajstić information content (AvgIpc) is 2.84. The van der Waals surface area contributed by atoms with Gasteiger partial charge in [-0.3, -0.25) is 4.79 Å². The number of amides is 1. The molecule has 3 N–H and O–H groups in total. The minimum absolute atomic E-state index is 0.0542. The number of carbonyl (C=O) groups is 1. The lowest BCUT2D eigenvalue weighted by atomic mass is 10.2. The third kappa shape index (κ3) is 3.41. The van der Waals surface area contributed by atoms with Crippen molar-refractivity contribution in [2.75, 3.05) is 30.9 Å². The summed E-state index contributed by atoms with van der Waals surface area (Å²) in [6, 6.07) is 4.00. The van der Waals surface area contributed by atoms with E-state index >= 15 is 0 Å². The number of ether oxygens (including phenoxy) is 2. The van der Waals surface area contributed by atoms with Gasteiger partial charge in [0.2, 0.25) is 5.91 Å². The maximum Gasteiger partial charge on any atom is 0.250 e. The molecule has 0 radical (unpaired) electrons. The van der Waals surface area contributed by atoms with E-state index < -0.39 is 11.7 Å². The maximum atomic E-state index is 13.3. The molecular formula is C12H15FN2O3. The highest BCUT2D eigenvalue weighted by Crippen LogP contribution is 2.17. The molecule has 0 aromatic heterocycles. The highest BCUT2D eigenvalue weighted by molar-refractivity contribution is 5.92. The number of carbonyl (C=O) groups excluding carboxylic acids is 1. The summed E-state index contributed by atoms with van der Waals surface area (Å²) in [7, 11) is 0. The van der Waals surface area contributed by atoms with Crippen LogP contribution in [-0.2, 0) is 14.3 Å². The van der Waals surface area contributed by atoms with E-state index in [9.17, 15) is 9.18 Å². The van der Waals surface area contributed by atoms with E-state index in [1.807, 2.05) is 0 Å². The minimum Gasteiger partial charge on any atom is -0.399 e. The van der Waals surface area contributed by atoms with Crippen molar-refractivity contribution in [3.63, 3.8) is 0 Å². The van der Waals surface area contributed by atoms with Crippen LogP contribution >= 0.6 is 0 Å². The first kappa shape index (κ1) is 12.8. The summed E-state index contributed by atoms with van der Waals surface area (Å²) in [5.74, 6) is -0.937. The number of hydrogen-bond acceptors (Lipinski definition) is 4. The first-order chi connectivity index (χ1) is 8.65. The van der Waals surface area contributed by atoms with Gasteiger partial charge in [-0.1, -0.05) is 0 Å². The molecule has 6 heteroatoms. The third-order valence-electron chi connectivity index (χ3n) is 2.60. The Labute approximate surface area is 104 Å². The van der Waals surface area contributed by atoms with Gasteiger partial charge in [-0.25, -0.2) is 4.39 Å². The van der Waals surface area contributed by atoms with Crippen LogP contribution in [0.15, 0.2) is 18.2 Å². The molecule has 1 fully saturated rings. The second-order valence-corrected chi connectivity index (χ2v) is 4.08. The van der Waals surface area contributed by atoms with Gasteiger partial charge in [-0.2, -0.15) is 0 Å². The second kappa shape index (κ2) is 5.79. The van der Waals surface area contributed by atoms with Gasteiger partial charge in [0.25, 0.3) is 0 Å². The van der Waals surface area contributed by atoms with Crippen LogP contribution in [0.3, 0.4) is 0 Å². The zero-order valence-corrected chi connectivity index (χ0v) is 9.82. The zero-order chi connectivity index (χ0) is 13.0. The van der Waals surface area contributed by atoms with E-state index in [-0.39, 0.29) is 18.4 Å². The van der Waals surface area contributed by atoms with Gasteiger partial charge in [0, 0.05) is 12.3 Å². The van der Waals surface area contributed by atoms with Gasteiger partial charge in [-0.15, -0.1) is 0 Å². The molecule has 18 heavy (non-hydrogen) atoms. The molecule has 0 saturated carbocycles. The Balaban J connectivity index is 1.84. The summed E-state index contributed by atoms with van der Waals surface area (Å²) < 4.78 is 23.8. The monoisotopic (exact) mass is 254 g/mol. The van der Waals surface area contributed by atoms with Crippen molar-refractivity contribution in [3.05, 3.63) is 24.0 Å². The summed E-state index contributed by atoms with van der Waals surface area (Å²) in [6.45, 7) is 1.03. The molecule has 0 bridgehead atoms. The van der Waals surface area contributed by atoms with E-state index in [1.165, 1.54) is 18.2 Å². The standard InChI is InChI=1S/C12H15FN2O3/c13-10-2-1-8(14)5-11(10)15-12(16)7-18-9-3-4-17-6-9/h1-2,5,9H,3-4,6-7,14H2,(H,15,16). The predicted octanol–water partition coefficient (Wildman–Crippen LogP) is 1.15. The summed E-state index contributed by atoms with van der Waals surface area (Å²) in [5, 5.41) is 2.42. The molecule has 98 valence electrons. The molecule has 1 aromatic rings. The second-order valence-electron chi connectivity index (χ2n) is 4.08. The van der Waals surface area contributed by atoms with Gasteiger partial charge in [-0.05, 0) is 24.6 Å². The number of halogens is 1. The molecule has 1 aliphatic rings. The molecule has 5 nitrogen and oxygen atoms in total. The summed E-state index contributed by atoms with van der Waals surface area (Å²) in [5.41, 5.74) is 5.96. The predicted molar refractivity (Wildman–Crippen MR) is 64.6 cm³/mol. The van der Waals surface area contributed by atoms with Gasteiger partial charge in [0.15, 0.2) is 0 Å². The lowest BCUT2D eigenvalue weighted by molar-refractivity contribution is -0.122. The third-order valence-corrected chi connectivity index (χ3v) is 2.60. The molecular weight excluding hydrogens is 239 g/mol. The Morgan fingerprint density at radius 3 is 3.17 bits per heavy atom. The number of nitrogens with two attached hydrogens (primary N) is 1. The Morgan fingerprint density at radius 2 is 2.44 bits per heavy atom. The van der Waals surface area contributed by atoms with E-state index in [4.69, 9.17) is 15.2 Å². The van der Waals surface area contributed by atoms with Crippen molar-refractivity contribution in [1.29, 1.82) is 0 Å². The summed E-state index contributed by atoms with van der Waals surface area (Å²) in [4.78, 5) is 11.5. The van der Waals surface area contributed by atoms with Gasteiger partial charge in [0.05, 0.1) is 18.4 Å². The Hall–Kier alpha value is -1.66. The van der Waals surface area contributed by atoms with E-state index in [1.54, 1.807) is 0 Å². The van der Waals surface area contributed by atoms with E-state index in [2.05, 4.69) is 5.32 Å². The van der Waals surface area contributed by atoms with Gasteiger partial charge >= 0.3 is 0 Å². The topological polar surface area (TPSA) is 73.6 Å². The zero-order valence-electron chi connectivity index (χ0n) is 9.82. The van der Waals surface area contributed by atoms with Gasteiger partial charge in [0.1, 0.15) is 12.4 Å². The fourth-order valence-corrected chi connectivity index (χ4v) is 1.66. The van der Waals surface area contributed by atoms with Crippen LogP contribution in [-0.4, -0.2) is 31.8 Å². The Kier molecular flexibility index (Phi) is 4.11. The number of rotatable bonds is 4. The molecule has 1 heterocycles. The quantitative estimate of drug-likeness (QED) is 0.790. The molecule has 0 spiro atoms. The lowest BCUT2D eigenvalue weighted by Gasteiger charge is -2.10. The first-order valence-electron chi connectivity index (χ1n) is 5.69. The molecule has 1 unspecified atom stereocenters. The molecule has 1 atom stereocenters. The number of anilines is 2. The van der Waals surface area contributed by atoms with Gasteiger partial charge < -0.3 is 20.5 Å². The summed E-state index contributed by atoms with van der Waals surface area (Å²) in [6.07, 6.45) is 0.723. The summed E-state index contributed by atoms with van der Waals surface area (Å²) >= 11 is 0. The average molecular weight is 254 g/mol. The molecule has 1 amide bonds. The van der Waals surface area contributed by atoms with Crippen molar-refractivity contribution in [2.24, 2.45) is 0 Å². The number of benzene rings is 1. The smallest absolute Gasteiger partial charge is 0.250 e. The molecule has 1 aromatic carbocycles. The molecule has 2 rings (SSSR count). The Bertz CT molecular complexity index is 433. The highest BCUT2D eigenvalue weighted by Gasteiger charge is 2.17. The van der Waals surface area contributed by atoms with Crippen LogP contribution in [0.4, 0.5) is 15.8 Å². The molecule has 1 saturated heterocycles. The van der Waals surface area contributed by atoms with E-state index in [0.29, 0.717) is 18.9 Å². The fraction of sp³-hybridized carbons (Fsp3) is 0.417. The SMILES string of the molecule is Nc1ccc(F)c(NC(=O)COC2CCOC2)c1. The first-order valence-corrected chi connectivity index (χ1v) is 5.69. The van der Waals surface area contributed by atoms with Crippen LogP contribution in [0, 0.1) is 5.82 Å². The molecule has 1 aliphatic heterocycles. The molecule has 0 aliphatic carbocycles. The lowest BCUT2D eigenvalue weighted by Crippen LogP contribution is -2.23. The maximum absolute atomic E-state index is 13.3. The number of hydrogen-bond donors (Lipinski definition) is 2. The van der Waals surface area contributed by atoms with Crippen LogP contribution in [0.1, 0.15) is 6.42 Å². The largest absolute Gasteiger partial charge is 0.399 e. The van der Waals surface area contributed by atoms with Crippen molar-refractivity contribution in [2.45, 2.75) is 12.5 Å².